The molecule has 0 radical (unpaired) electrons. The quantitative estimate of drug-likeness (QED) is 0.667. The minimum Gasteiger partial charge on any atom is -0.494 e. The van der Waals surface area contributed by atoms with Crippen LogP contribution in [0.5, 0.6) is 5.75 Å². The number of ether oxygens (including phenoxy) is 1. The van der Waals surface area contributed by atoms with Crippen LogP contribution in [-0.4, -0.2) is 28.6 Å². The highest BCUT2D eigenvalue weighted by molar-refractivity contribution is 7.99. The van der Waals surface area contributed by atoms with Crippen LogP contribution in [0.15, 0.2) is 35.7 Å². The number of Topliss-reactive ketones (excluding diaryl/α,β-unsaturated/α-hetero) is 1. The van der Waals surface area contributed by atoms with Gasteiger partial charge in [-0.2, -0.15) is 0 Å². The van der Waals surface area contributed by atoms with Crippen molar-refractivity contribution < 1.29 is 13.9 Å². The Morgan fingerprint density at radius 2 is 2.39 bits per heavy atom. The molecule has 0 unspecified atom stereocenters. The number of benzene rings is 1. The molecule has 0 fully saturated rings. The number of carbonyl (C=O) groups excluding carboxylic acids is 1. The summed E-state index contributed by atoms with van der Waals surface area (Å²) >= 11 is 1.28. The Balaban J connectivity index is 2.02. The van der Waals surface area contributed by atoms with E-state index in [2.05, 4.69) is 9.97 Å². The van der Waals surface area contributed by atoms with Gasteiger partial charge in [0.25, 0.3) is 0 Å². The van der Waals surface area contributed by atoms with Crippen molar-refractivity contribution in [3.05, 3.63) is 42.0 Å². The fourth-order valence-corrected chi connectivity index (χ4v) is 2.11. The molecule has 6 heteroatoms. The highest BCUT2D eigenvalue weighted by Crippen LogP contribution is 2.20. The van der Waals surface area contributed by atoms with E-state index < -0.39 is 5.82 Å². The Bertz CT molecular complexity index is 543. The molecule has 0 saturated carbocycles. The summed E-state index contributed by atoms with van der Waals surface area (Å²) in [5, 5.41) is 0.664. The number of H-pyrrole nitrogens is 1. The number of imidazole rings is 1. The normalized spacial score (nSPS) is 10.3. The first-order valence-electron chi connectivity index (χ1n) is 5.19. The smallest absolute Gasteiger partial charge is 0.173 e. The van der Waals surface area contributed by atoms with Gasteiger partial charge in [0, 0.05) is 18.0 Å². The first kappa shape index (κ1) is 12.6. The lowest BCUT2D eigenvalue weighted by atomic mass is 10.1. The largest absolute Gasteiger partial charge is 0.494 e. The molecule has 0 aliphatic rings. The molecular weight excluding hydrogens is 255 g/mol. The van der Waals surface area contributed by atoms with Crippen LogP contribution in [0.1, 0.15) is 10.4 Å². The molecule has 0 aliphatic heterocycles. The Morgan fingerprint density at radius 3 is 3.00 bits per heavy atom. The summed E-state index contributed by atoms with van der Waals surface area (Å²) in [5.41, 5.74) is 0.326. The number of carbonyl (C=O) groups is 1. The maximum Gasteiger partial charge on any atom is 0.173 e. The summed E-state index contributed by atoms with van der Waals surface area (Å²) in [7, 11) is 1.38. The van der Waals surface area contributed by atoms with Gasteiger partial charge in [-0.25, -0.2) is 9.37 Å². The average molecular weight is 266 g/mol. The molecule has 0 bridgehead atoms. The minimum absolute atomic E-state index is 0.130. The van der Waals surface area contributed by atoms with Gasteiger partial charge in [-0.15, -0.1) is 0 Å². The van der Waals surface area contributed by atoms with Crippen molar-refractivity contribution in [2.45, 2.75) is 5.16 Å². The first-order chi connectivity index (χ1) is 8.70. The summed E-state index contributed by atoms with van der Waals surface area (Å²) < 4.78 is 18.2. The zero-order valence-corrected chi connectivity index (χ0v) is 10.5. The number of thioether (sulfide) groups is 1. The maximum atomic E-state index is 13.4. The number of nitrogens with one attached hydrogen (secondary N) is 1. The van der Waals surface area contributed by atoms with E-state index in [-0.39, 0.29) is 17.3 Å². The Hall–Kier alpha value is -1.82. The summed E-state index contributed by atoms with van der Waals surface area (Å²) in [4.78, 5) is 18.7. The molecule has 18 heavy (non-hydrogen) atoms. The number of aromatic amines is 1. The molecule has 2 rings (SSSR count). The van der Waals surface area contributed by atoms with Gasteiger partial charge < -0.3 is 9.72 Å². The van der Waals surface area contributed by atoms with Crippen LogP contribution in [-0.2, 0) is 0 Å². The van der Waals surface area contributed by atoms with Crippen molar-refractivity contribution >= 4 is 17.5 Å². The molecule has 0 amide bonds. The van der Waals surface area contributed by atoms with Crippen LogP contribution >= 0.6 is 11.8 Å². The van der Waals surface area contributed by atoms with Gasteiger partial charge in [-0.1, -0.05) is 11.8 Å². The van der Waals surface area contributed by atoms with E-state index in [1.807, 2.05) is 0 Å². The number of rotatable bonds is 5. The van der Waals surface area contributed by atoms with Crippen LogP contribution in [0.4, 0.5) is 4.39 Å². The second kappa shape index (κ2) is 5.68. The highest BCUT2D eigenvalue weighted by Gasteiger charge is 2.11. The Morgan fingerprint density at radius 1 is 1.56 bits per heavy atom. The Kier molecular flexibility index (Phi) is 3.99. The number of hydrogen-bond donors (Lipinski definition) is 1. The summed E-state index contributed by atoms with van der Waals surface area (Å²) in [5.74, 6) is -0.353. The second-order valence-electron chi connectivity index (χ2n) is 3.46. The zero-order chi connectivity index (χ0) is 13.0. The van der Waals surface area contributed by atoms with Gasteiger partial charge in [0.05, 0.1) is 12.9 Å². The predicted molar refractivity (Wildman–Crippen MR) is 66.6 cm³/mol. The Labute approximate surface area is 108 Å². The third-order valence-electron chi connectivity index (χ3n) is 2.29. The van der Waals surface area contributed by atoms with Crippen LogP contribution in [0.25, 0.3) is 0 Å². The zero-order valence-electron chi connectivity index (χ0n) is 9.64. The molecule has 0 spiro atoms. The minimum atomic E-state index is -0.536. The van der Waals surface area contributed by atoms with Gasteiger partial charge in [-0.05, 0) is 18.2 Å². The average Bonchev–Trinajstić information content (AvgIpc) is 2.89. The van der Waals surface area contributed by atoms with Crippen molar-refractivity contribution in [1.29, 1.82) is 0 Å². The van der Waals surface area contributed by atoms with E-state index in [9.17, 15) is 9.18 Å². The third kappa shape index (κ3) is 2.89. The lowest BCUT2D eigenvalue weighted by molar-refractivity contribution is 0.102. The molecule has 1 N–H and O–H groups in total. The van der Waals surface area contributed by atoms with Crippen LogP contribution in [0, 0.1) is 5.82 Å². The van der Waals surface area contributed by atoms with Crippen molar-refractivity contribution in [3.63, 3.8) is 0 Å². The summed E-state index contributed by atoms with van der Waals surface area (Å²) in [6.45, 7) is 0. The highest BCUT2D eigenvalue weighted by atomic mass is 32.2. The van der Waals surface area contributed by atoms with Crippen molar-refractivity contribution in [2.24, 2.45) is 0 Å². The standard InChI is InChI=1S/C12H11FN2O2S/c1-17-11-3-2-8(6-9(11)13)10(16)7-18-12-14-4-5-15-12/h2-6H,7H2,1H3,(H,14,15). The molecule has 1 heterocycles. The fraction of sp³-hybridized carbons (Fsp3) is 0.167. The monoisotopic (exact) mass is 266 g/mol. The third-order valence-corrected chi connectivity index (χ3v) is 3.19. The van der Waals surface area contributed by atoms with Crippen molar-refractivity contribution in [2.75, 3.05) is 12.9 Å². The molecule has 0 atom stereocenters. The molecular formula is C12H11FN2O2S. The topological polar surface area (TPSA) is 55.0 Å². The molecule has 0 aliphatic carbocycles. The molecule has 94 valence electrons. The number of halogens is 1. The van der Waals surface area contributed by atoms with Gasteiger partial charge in [0.2, 0.25) is 0 Å². The SMILES string of the molecule is COc1ccc(C(=O)CSc2ncc[nH]2)cc1F. The first-order valence-corrected chi connectivity index (χ1v) is 6.18. The van der Waals surface area contributed by atoms with Crippen LogP contribution in [0.2, 0.25) is 0 Å². The number of aromatic nitrogens is 2. The van der Waals surface area contributed by atoms with Gasteiger partial charge in [0.15, 0.2) is 22.5 Å². The molecule has 1 aromatic carbocycles. The van der Waals surface area contributed by atoms with E-state index in [0.29, 0.717) is 10.7 Å². The van der Waals surface area contributed by atoms with Gasteiger partial charge in [0.1, 0.15) is 0 Å². The maximum absolute atomic E-state index is 13.4. The number of hydrogen-bond acceptors (Lipinski definition) is 4. The van der Waals surface area contributed by atoms with E-state index >= 15 is 0 Å². The summed E-state index contributed by atoms with van der Waals surface area (Å²) in [6, 6.07) is 4.18. The van der Waals surface area contributed by atoms with Gasteiger partial charge >= 0.3 is 0 Å². The van der Waals surface area contributed by atoms with Crippen LogP contribution in [0.3, 0.4) is 0 Å². The van der Waals surface area contributed by atoms with E-state index in [1.165, 1.54) is 31.0 Å². The lowest BCUT2D eigenvalue weighted by Crippen LogP contribution is -2.03. The van der Waals surface area contributed by atoms with Crippen LogP contribution < -0.4 is 4.74 Å². The number of nitrogens with zero attached hydrogens (tertiary/aromatic N) is 1. The molecule has 2 aromatic rings. The summed E-state index contributed by atoms with van der Waals surface area (Å²) in [6.07, 6.45) is 3.29. The molecule has 0 saturated heterocycles. The number of ketones is 1. The fourth-order valence-electron chi connectivity index (χ4n) is 1.39. The van der Waals surface area contributed by atoms with Crippen molar-refractivity contribution in [3.8, 4) is 5.75 Å². The predicted octanol–water partition coefficient (Wildman–Crippen LogP) is 2.53. The molecule has 1 aromatic heterocycles. The van der Waals surface area contributed by atoms with Crippen molar-refractivity contribution in [1.82, 2.24) is 9.97 Å². The number of methoxy groups -OCH3 is 1. The van der Waals surface area contributed by atoms with E-state index in [0.717, 1.165) is 0 Å². The second-order valence-corrected chi connectivity index (χ2v) is 4.42. The lowest BCUT2D eigenvalue weighted by Gasteiger charge is -2.04. The molecule has 4 nitrogen and oxygen atoms in total. The van der Waals surface area contributed by atoms with Gasteiger partial charge in [-0.3, -0.25) is 4.79 Å². The van der Waals surface area contributed by atoms with E-state index in [4.69, 9.17) is 4.74 Å². The van der Waals surface area contributed by atoms with E-state index in [1.54, 1.807) is 18.5 Å².